The molecule has 0 saturated heterocycles. The van der Waals surface area contributed by atoms with Crippen LogP contribution in [-0.4, -0.2) is 33.8 Å². The van der Waals surface area contributed by atoms with E-state index in [0.717, 1.165) is 59.7 Å². The van der Waals surface area contributed by atoms with Gasteiger partial charge in [0.15, 0.2) is 5.82 Å². The first-order chi connectivity index (χ1) is 14.5. The molecule has 4 nitrogen and oxygen atoms in total. The Morgan fingerprint density at radius 2 is 1.70 bits per heavy atom. The average molecular weight is 417 g/mol. The zero-order valence-electron chi connectivity index (χ0n) is 17.7. The standard InChI is InChI=1S/C25H28N4S/c1-18-11-8-9-14-22(18)24-26-25-23(29(24)17-21-12-6-5-7-13-21)19(2)28(15-10-16-30)20(3)27(25)4/h5-9,11-14,30H,2-3,10,15-17H2,1,4H3. The van der Waals surface area contributed by atoms with Crippen molar-refractivity contribution in [1.29, 1.82) is 0 Å². The molecular formula is C25H28N4S. The van der Waals surface area contributed by atoms with Crippen molar-refractivity contribution in [3.63, 3.8) is 0 Å². The van der Waals surface area contributed by atoms with Gasteiger partial charge in [-0.25, -0.2) is 4.98 Å². The molecule has 0 saturated carbocycles. The molecule has 1 aromatic heterocycles. The fourth-order valence-corrected chi connectivity index (χ4v) is 4.13. The molecule has 4 rings (SSSR count). The molecule has 0 aliphatic carbocycles. The van der Waals surface area contributed by atoms with Crippen LogP contribution in [0, 0.1) is 6.92 Å². The number of rotatable bonds is 6. The highest BCUT2D eigenvalue weighted by Crippen LogP contribution is 2.41. The molecule has 1 aliphatic rings. The highest BCUT2D eigenvalue weighted by molar-refractivity contribution is 7.80. The quantitative estimate of drug-likeness (QED) is 0.543. The molecular weight excluding hydrogens is 388 g/mol. The lowest BCUT2D eigenvalue weighted by Gasteiger charge is -2.38. The molecule has 3 aromatic rings. The van der Waals surface area contributed by atoms with Crippen LogP contribution in [0.25, 0.3) is 17.1 Å². The SMILES string of the molecule is C=C1c2c(nc(-c3ccccc3C)n2Cc2ccccc2)N(C)C(=C)N1CCCS. The molecule has 0 N–H and O–H groups in total. The summed E-state index contributed by atoms with van der Waals surface area (Å²) in [4.78, 5) is 9.36. The van der Waals surface area contributed by atoms with E-state index in [1.807, 2.05) is 13.1 Å². The van der Waals surface area contributed by atoms with E-state index in [1.165, 1.54) is 11.1 Å². The van der Waals surface area contributed by atoms with Crippen molar-refractivity contribution >= 4 is 24.1 Å². The van der Waals surface area contributed by atoms with Crippen molar-refractivity contribution in [1.82, 2.24) is 14.5 Å². The van der Waals surface area contributed by atoms with Crippen molar-refractivity contribution in [2.24, 2.45) is 0 Å². The molecule has 2 aromatic carbocycles. The highest BCUT2D eigenvalue weighted by Gasteiger charge is 2.33. The minimum absolute atomic E-state index is 0.729. The van der Waals surface area contributed by atoms with Gasteiger partial charge in [0.1, 0.15) is 17.3 Å². The number of hydrogen-bond donors (Lipinski definition) is 1. The second kappa shape index (κ2) is 8.44. The highest BCUT2D eigenvalue weighted by atomic mass is 32.1. The number of anilines is 1. The number of hydrogen-bond acceptors (Lipinski definition) is 4. The molecule has 0 atom stereocenters. The number of imidazole rings is 1. The normalized spacial score (nSPS) is 13.7. The summed E-state index contributed by atoms with van der Waals surface area (Å²) in [7, 11) is 2.03. The predicted octanol–water partition coefficient (Wildman–Crippen LogP) is 5.42. The van der Waals surface area contributed by atoms with Crippen LogP contribution in [0.15, 0.2) is 73.6 Å². The van der Waals surface area contributed by atoms with Gasteiger partial charge in [-0.05, 0) is 30.2 Å². The third kappa shape index (κ3) is 3.54. The lowest BCUT2D eigenvalue weighted by Crippen LogP contribution is -2.37. The first-order valence-electron chi connectivity index (χ1n) is 10.2. The Hall–Kier alpha value is -2.92. The van der Waals surface area contributed by atoms with Crippen molar-refractivity contribution in [2.75, 3.05) is 24.2 Å². The summed E-state index contributed by atoms with van der Waals surface area (Å²) in [5.74, 6) is 3.58. The van der Waals surface area contributed by atoms with Crippen LogP contribution in [0.5, 0.6) is 0 Å². The van der Waals surface area contributed by atoms with E-state index >= 15 is 0 Å². The number of benzene rings is 2. The summed E-state index contributed by atoms with van der Waals surface area (Å²) < 4.78 is 2.30. The van der Waals surface area contributed by atoms with E-state index in [0.29, 0.717) is 0 Å². The summed E-state index contributed by atoms with van der Waals surface area (Å²) in [6.45, 7) is 12.5. The van der Waals surface area contributed by atoms with Gasteiger partial charge in [-0.2, -0.15) is 12.6 Å². The molecule has 154 valence electrons. The fourth-order valence-electron chi connectivity index (χ4n) is 3.99. The van der Waals surface area contributed by atoms with Gasteiger partial charge in [0, 0.05) is 25.7 Å². The monoisotopic (exact) mass is 416 g/mol. The van der Waals surface area contributed by atoms with Gasteiger partial charge >= 0.3 is 0 Å². The average Bonchev–Trinajstić information content (AvgIpc) is 3.12. The maximum absolute atomic E-state index is 5.10. The third-order valence-corrected chi connectivity index (χ3v) is 5.99. The van der Waals surface area contributed by atoms with E-state index in [4.69, 9.17) is 4.98 Å². The number of fused-ring (bicyclic) bond motifs is 1. The van der Waals surface area contributed by atoms with Gasteiger partial charge in [0.25, 0.3) is 0 Å². The number of aromatic nitrogens is 2. The summed E-state index contributed by atoms with van der Waals surface area (Å²) >= 11 is 4.39. The topological polar surface area (TPSA) is 24.3 Å². The van der Waals surface area contributed by atoms with Crippen LogP contribution in [-0.2, 0) is 6.54 Å². The lowest BCUT2D eigenvalue weighted by atomic mass is 10.1. The Kier molecular flexibility index (Phi) is 5.73. The summed E-state index contributed by atoms with van der Waals surface area (Å²) in [5, 5.41) is 0. The van der Waals surface area contributed by atoms with E-state index in [-0.39, 0.29) is 0 Å². The van der Waals surface area contributed by atoms with Crippen LogP contribution in [0.1, 0.15) is 23.2 Å². The fraction of sp³-hybridized carbons (Fsp3) is 0.240. The largest absolute Gasteiger partial charge is 0.327 e. The van der Waals surface area contributed by atoms with Crippen LogP contribution in [0.4, 0.5) is 5.82 Å². The number of thiol groups is 1. The van der Waals surface area contributed by atoms with Crippen molar-refractivity contribution in [3.05, 3.63) is 90.4 Å². The lowest BCUT2D eigenvalue weighted by molar-refractivity contribution is 0.462. The second-order valence-electron chi connectivity index (χ2n) is 7.65. The van der Waals surface area contributed by atoms with E-state index in [2.05, 4.69) is 95.6 Å². The van der Waals surface area contributed by atoms with Gasteiger partial charge in [0.2, 0.25) is 0 Å². The molecule has 2 heterocycles. The van der Waals surface area contributed by atoms with Crippen LogP contribution < -0.4 is 4.90 Å². The van der Waals surface area contributed by atoms with Crippen LogP contribution in [0.3, 0.4) is 0 Å². The zero-order chi connectivity index (χ0) is 21.3. The van der Waals surface area contributed by atoms with E-state index < -0.39 is 0 Å². The Morgan fingerprint density at radius 3 is 2.40 bits per heavy atom. The van der Waals surface area contributed by atoms with Crippen molar-refractivity contribution < 1.29 is 0 Å². The van der Waals surface area contributed by atoms with Crippen LogP contribution in [0.2, 0.25) is 0 Å². The molecule has 5 heteroatoms. The minimum Gasteiger partial charge on any atom is -0.327 e. The predicted molar refractivity (Wildman–Crippen MR) is 130 cm³/mol. The van der Waals surface area contributed by atoms with E-state index in [9.17, 15) is 0 Å². The Bertz CT molecular complexity index is 1080. The first-order valence-corrected chi connectivity index (χ1v) is 10.9. The van der Waals surface area contributed by atoms with Gasteiger partial charge in [0.05, 0.1) is 5.70 Å². The maximum atomic E-state index is 5.10. The minimum atomic E-state index is 0.729. The Labute approximate surface area is 184 Å². The Morgan fingerprint density at radius 1 is 1.00 bits per heavy atom. The number of aryl methyl sites for hydroxylation is 1. The third-order valence-electron chi connectivity index (χ3n) is 5.67. The molecule has 1 aliphatic heterocycles. The summed E-state index contributed by atoms with van der Waals surface area (Å²) in [6, 6.07) is 18.9. The van der Waals surface area contributed by atoms with Crippen LogP contribution >= 0.6 is 12.6 Å². The summed E-state index contributed by atoms with van der Waals surface area (Å²) in [6.07, 6.45) is 0.960. The van der Waals surface area contributed by atoms with Crippen molar-refractivity contribution in [3.8, 4) is 11.4 Å². The number of nitrogens with zero attached hydrogens (tertiary/aromatic N) is 4. The van der Waals surface area contributed by atoms with Gasteiger partial charge < -0.3 is 14.4 Å². The second-order valence-corrected chi connectivity index (χ2v) is 8.09. The zero-order valence-corrected chi connectivity index (χ0v) is 18.6. The van der Waals surface area contributed by atoms with E-state index in [1.54, 1.807) is 0 Å². The van der Waals surface area contributed by atoms with Gasteiger partial charge in [-0.1, -0.05) is 67.8 Å². The molecule has 30 heavy (non-hydrogen) atoms. The Balaban J connectivity index is 1.90. The smallest absolute Gasteiger partial charge is 0.162 e. The molecule has 0 bridgehead atoms. The van der Waals surface area contributed by atoms with Crippen molar-refractivity contribution in [2.45, 2.75) is 19.9 Å². The molecule has 0 radical (unpaired) electrons. The molecule has 0 fully saturated rings. The molecule has 0 spiro atoms. The molecule has 0 unspecified atom stereocenters. The first kappa shape index (κ1) is 20.4. The van der Waals surface area contributed by atoms with Gasteiger partial charge in [-0.3, -0.25) is 0 Å². The maximum Gasteiger partial charge on any atom is 0.162 e. The van der Waals surface area contributed by atoms with Gasteiger partial charge in [-0.15, -0.1) is 0 Å². The molecule has 0 amide bonds. The summed E-state index contributed by atoms with van der Waals surface area (Å²) in [5.41, 5.74) is 5.56.